The van der Waals surface area contributed by atoms with E-state index in [0.717, 1.165) is 10.8 Å². The molecule has 0 unspecified atom stereocenters. The number of ether oxygens (including phenoxy) is 1. The van der Waals surface area contributed by atoms with E-state index >= 15 is 0 Å². The molecule has 1 saturated heterocycles. The first-order chi connectivity index (χ1) is 12.5. The van der Waals surface area contributed by atoms with E-state index in [2.05, 4.69) is 5.32 Å². The van der Waals surface area contributed by atoms with Gasteiger partial charge >= 0.3 is 0 Å². The number of rotatable bonds is 5. The first-order valence-electron chi connectivity index (χ1n) is 8.59. The first kappa shape index (κ1) is 18.8. The van der Waals surface area contributed by atoms with Crippen molar-refractivity contribution in [2.75, 3.05) is 13.2 Å². The molecule has 1 fully saturated rings. The van der Waals surface area contributed by atoms with Crippen molar-refractivity contribution in [1.82, 2.24) is 5.32 Å². The molecule has 26 heavy (non-hydrogen) atoms. The molecule has 0 radical (unpaired) electrons. The third kappa shape index (κ3) is 3.72. The average Bonchev–Trinajstić information content (AvgIpc) is 2.67. The zero-order chi connectivity index (χ0) is 18.7. The Hall–Kier alpha value is -2.03. The average molecular weight is 361 g/mol. The van der Waals surface area contributed by atoms with Crippen molar-refractivity contribution < 1.29 is 30.0 Å². The molecule has 2 aromatic carbocycles. The summed E-state index contributed by atoms with van der Waals surface area (Å²) in [5, 5.41) is 43.4. The fourth-order valence-corrected chi connectivity index (χ4v) is 3.26. The molecule has 7 nitrogen and oxygen atoms in total. The minimum absolute atomic E-state index is 0.213. The number of amides is 1. The highest BCUT2D eigenvalue weighted by Crippen LogP contribution is 2.23. The van der Waals surface area contributed by atoms with Crippen LogP contribution in [0.1, 0.15) is 16.8 Å². The van der Waals surface area contributed by atoms with E-state index in [1.54, 1.807) is 6.07 Å². The van der Waals surface area contributed by atoms with Gasteiger partial charge in [0.25, 0.3) is 5.91 Å². The van der Waals surface area contributed by atoms with Gasteiger partial charge in [0.1, 0.15) is 24.4 Å². The lowest BCUT2D eigenvalue weighted by molar-refractivity contribution is -0.229. The molecule has 1 amide bonds. The lowest BCUT2D eigenvalue weighted by Gasteiger charge is -2.40. The number of carbonyl (C=O) groups excluding carboxylic acids is 1. The zero-order valence-corrected chi connectivity index (χ0v) is 14.2. The van der Waals surface area contributed by atoms with Crippen LogP contribution >= 0.6 is 0 Å². The summed E-state index contributed by atoms with van der Waals surface area (Å²) in [7, 11) is 0. The van der Waals surface area contributed by atoms with E-state index in [9.17, 15) is 25.2 Å². The van der Waals surface area contributed by atoms with Crippen LogP contribution in [0.15, 0.2) is 42.5 Å². The predicted octanol–water partition coefficient (Wildman–Crippen LogP) is -0.198. The third-order valence-corrected chi connectivity index (χ3v) is 4.74. The quantitative estimate of drug-likeness (QED) is 0.503. The summed E-state index contributed by atoms with van der Waals surface area (Å²) < 4.78 is 5.43. The summed E-state index contributed by atoms with van der Waals surface area (Å²) in [6, 6.07) is 13.1. The molecule has 1 heterocycles. The van der Waals surface area contributed by atoms with E-state index in [4.69, 9.17) is 4.74 Å². The Morgan fingerprint density at radius 3 is 2.42 bits per heavy atom. The molecule has 3 rings (SSSR count). The summed E-state index contributed by atoms with van der Waals surface area (Å²) >= 11 is 0. The molecule has 1 aliphatic rings. The van der Waals surface area contributed by atoms with Gasteiger partial charge in [-0.3, -0.25) is 4.79 Å². The summed E-state index contributed by atoms with van der Waals surface area (Å²) in [6.07, 6.45) is -5.57. The number of carbonyl (C=O) groups is 1. The van der Waals surface area contributed by atoms with Gasteiger partial charge in [0.2, 0.25) is 0 Å². The fraction of sp³-hybridized carbons (Fsp3) is 0.421. The van der Waals surface area contributed by atoms with Gasteiger partial charge in [-0.2, -0.15) is 0 Å². The first-order valence-corrected chi connectivity index (χ1v) is 8.59. The lowest BCUT2D eigenvalue weighted by atomic mass is 9.93. The number of nitrogens with one attached hydrogen (secondary N) is 1. The summed E-state index contributed by atoms with van der Waals surface area (Å²) in [5.41, 5.74) is 0.553. The fourth-order valence-electron chi connectivity index (χ4n) is 3.26. The van der Waals surface area contributed by atoms with Crippen molar-refractivity contribution in [2.45, 2.75) is 36.9 Å². The maximum atomic E-state index is 12.5. The minimum Gasteiger partial charge on any atom is -0.394 e. The van der Waals surface area contributed by atoms with Crippen LogP contribution in [0.25, 0.3) is 10.8 Å². The Balaban J connectivity index is 1.61. The maximum absolute atomic E-state index is 12.5. The highest BCUT2D eigenvalue weighted by molar-refractivity contribution is 6.06. The van der Waals surface area contributed by atoms with E-state index in [1.165, 1.54) is 0 Å². The highest BCUT2D eigenvalue weighted by atomic mass is 16.5. The smallest absolute Gasteiger partial charge is 0.251 e. The van der Waals surface area contributed by atoms with Gasteiger partial charge in [-0.05, 0) is 23.3 Å². The number of aliphatic hydroxyl groups is 4. The summed E-state index contributed by atoms with van der Waals surface area (Å²) in [4.78, 5) is 12.5. The van der Waals surface area contributed by atoms with Gasteiger partial charge in [0, 0.05) is 12.1 Å². The highest BCUT2D eigenvalue weighted by Gasteiger charge is 2.42. The van der Waals surface area contributed by atoms with Crippen LogP contribution in [-0.4, -0.2) is 70.0 Å². The van der Waals surface area contributed by atoms with Gasteiger partial charge in [0.15, 0.2) is 0 Å². The molecule has 0 aliphatic carbocycles. The Morgan fingerprint density at radius 2 is 1.65 bits per heavy atom. The summed E-state index contributed by atoms with van der Waals surface area (Å²) in [6.45, 7) is -0.255. The van der Waals surface area contributed by atoms with Crippen LogP contribution in [0.2, 0.25) is 0 Å². The molecular formula is C19H23NO6. The second kappa shape index (κ2) is 8.11. The Bertz CT molecular complexity index is 759. The molecule has 140 valence electrons. The molecule has 5 N–H and O–H groups in total. The number of aliphatic hydroxyl groups excluding tert-OH is 4. The van der Waals surface area contributed by atoms with Crippen molar-refractivity contribution >= 4 is 16.7 Å². The van der Waals surface area contributed by atoms with E-state index < -0.39 is 37.1 Å². The van der Waals surface area contributed by atoms with Gasteiger partial charge in [-0.1, -0.05) is 36.4 Å². The minimum atomic E-state index is -1.40. The van der Waals surface area contributed by atoms with Crippen molar-refractivity contribution in [3.63, 3.8) is 0 Å². The zero-order valence-electron chi connectivity index (χ0n) is 14.2. The van der Waals surface area contributed by atoms with Crippen LogP contribution in [0, 0.1) is 0 Å². The van der Waals surface area contributed by atoms with E-state index in [0.29, 0.717) is 5.56 Å². The SMILES string of the molecule is O=C(NCC[C@H]1O[C@H](CO)[C@@H](O)[C@H](O)[C@H]1O)c1cccc2ccccc12. The summed E-state index contributed by atoms with van der Waals surface area (Å²) in [5.74, 6) is -0.244. The molecule has 0 aromatic heterocycles. The van der Waals surface area contributed by atoms with E-state index in [-0.39, 0.29) is 18.9 Å². The standard InChI is InChI=1S/C19H23NO6/c21-10-15-17(23)18(24)16(22)14(26-15)8-9-20-19(25)13-7-3-5-11-4-1-2-6-12(11)13/h1-7,14-18,21-24H,8-10H2,(H,20,25)/t14-,15-,16+,17-,18-/m1/s1. The molecule has 0 bridgehead atoms. The molecule has 5 atom stereocenters. The second-order valence-corrected chi connectivity index (χ2v) is 6.44. The molecule has 1 aliphatic heterocycles. The maximum Gasteiger partial charge on any atom is 0.251 e. The molecule has 0 saturated carbocycles. The molecule has 7 heteroatoms. The topological polar surface area (TPSA) is 119 Å². The van der Waals surface area contributed by atoms with Gasteiger partial charge in [0.05, 0.1) is 12.7 Å². The van der Waals surface area contributed by atoms with Crippen molar-refractivity contribution in [1.29, 1.82) is 0 Å². The number of hydrogen-bond donors (Lipinski definition) is 5. The van der Waals surface area contributed by atoms with Crippen LogP contribution in [-0.2, 0) is 4.74 Å². The molecular weight excluding hydrogens is 338 g/mol. The number of benzene rings is 2. The largest absolute Gasteiger partial charge is 0.394 e. The van der Waals surface area contributed by atoms with Crippen LogP contribution in [0.3, 0.4) is 0 Å². The second-order valence-electron chi connectivity index (χ2n) is 6.44. The Morgan fingerprint density at radius 1 is 0.962 bits per heavy atom. The lowest BCUT2D eigenvalue weighted by Crippen LogP contribution is -2.58. The van der Waals surface area contributed by atoms with Crippen molar-refractivity contribution in [3.8, 4) is 0 Å². The van der Waals surface area contributed by atoms with E-state index in [1.807, 2.05) is 36.4 Å². The molecule has 2 aromatic rings. The predicted molar refractivity (Wildman–Crippen MR) is 94.7 cm³/mol. The van der Waals surface area contributed by atoms with Crippen molar-refractivity contribution in [3.05, 3.63) is 48.0 Å². The Kier molecular flexibility index (Phi) is 5.85. The normalized spacial score (nSPS) is 28.8. The van der Waals surface area contributed by atoms with Crippen LogP contribution in [0.4, 0.5) is 0 Å². The number of fused-ring (bicyclic) bond motifs is 1. The monoisotopic (exact) mass is 361 g/mol. The van der Waals surface area contributed by atoms with Crippen molar-refractivity contribution in [2.24, 2.45) is 0 Å². The number of hydrogen-bond acceptors (Lipinski definition) is 6. The van der Waals surface area contributed by atoms with Gasteiger partial charge in [-0.15, -0.1) is 0 Å². The van der Waals surface area contributed by atoms with Gasteiger partial charge in [-0.25, -0.2) is 0 Å². The third-order valence-electron chi connectivity index (χ3n) is 4.74. The van der Waals surface area contributed by atoms with Gasteiger partial charge < -0.3 is 30.5 Å². The Labute approximate surface area is 150 Å². The van der Waals surface area contributed by atoms with Crippen LogP contribution < -0.4 is 5.32 Å². The van der Waals surface area contributed by atoms with Crippen LogP contribution in [0.5, 0.6) is 0 Å². The molecule has 0 spiro atoms.